The first-order valence-electron chi connectivity index (χ1n) is 11.3. The third-order valence-corrected chi connectivity index (χ3v) is 7.24. The Morgan fingerprint density at radius 2 is 1.89 bits per heavy atom. The van der Waals surface area contributed by atoms with Crippen molar-refractivity contribution >= 4 is 44.5 Å². The number of rotatable bonds is 10. The summed E-state index contributed by atoms with van der Waals surface area (Å²) in [4.78, 5) is 29.0. The van der Waals surface area contributed by atoms with Crippen LogP contribution in [0.15, 0.2) is 44.3 Å². The van der Waals surface area contributed by atoms with E-state index in [0.29, 0.717) is 34.9 Å². The van der Waals surface area contributed by atoms with Gasteiger partial charge in [0.25, 0.3) is 21.8 Å². The second-order valence-electron chi connectivity index (χ2n) is 8.38. The average molecular weight is 540 g/mol. The molecule has 0 unspecified atom stereocenters. The van der Waals surface area contributed by atoms with E-state index in [1.54, 1.807) is 18.2 Å². The molecule has 13 heteroatoms. The highest BCUT2D eigenvalue weighted by Gasteiger charge is 2.29. The van der Waals surface area contributed by atoms with Gasteiger partial charge in [-0.1, -0.05) is 11.6 Å². The van der Waals surface area contributed by atoms with Gasteiger partial charge in [-0.2, -0.15) is 8.42 Å². The average Bonchev–Trinajstić information content (AvgIpc) is 3.50. The van der Waals surface area contributed by atoms with E-state index in [4.69, 9.17) is 29.9 Å². The largest absolute Gasteiger partial charge is 0.440 e. The summed E-state index contributed by atoms with van der Waals surface area (Å²) in [5.74, 6) is -0.786. The number of fused-ring (bicyclic) bond motifs is 1. The maximum absolute atomic E-state index is 12.6. The van der Waals surface area contributed by atoms with Crippen molar-refractivity contribution < 1.29 is 36.3 Å². The molecule has 2 aromatic heterocycles. The van der Waals surface area contributed by atoms with Gasteiger partial charge in [0.2, 0.25) is 5.09 Å². The van der Waals surface area contributed by atoms with Gasteiger partial charge in [-0.15, -0.1) is 0 Å². The summed E-state index contributed by atoms with van der Waals surface area (Å²) in [6, 6.07) is 7.56. The first kappa shape index (κ1) is 26.1. The normalized spacial score (nSPS) is 18.3. The molecule has 2 amide bonds. The number of hydrogen-bond acceptors (Lipinski definition) is 9. The van der Waals surface area contributed by atoms with E-state index < -0.39 is 33.5 Å². The zero-order valence-corrected chi connectivity index (χ0v) is 21.1. The minimum absolute atomic E-state index is 0.110. The molecule has 0 bridgehead atoms. The number of hydrogen-bond donors (Lipinski definition) is 2. The van der Waals surface area contributed by atoms with Gasteiger partial charge >= 0.3 is 0 Å². The Balaban J connectivity index is 1.28. The highest BCUT2D eigenvalue weighted by Crippen LogP contribution is 2.34. The number of sulfonamides is 1. The molecule has 3 aromatic rings. The molecule has 1 aromatic carbocycles. The van der Waals surface area contributed by atoms with Crippen LogP contribution >= 0.6 is 11.6 Å². The Kier molecular flexibility index (Phi) is 8.29. The van der Waals surface area contributed by atoms with Crippen LogP contribution in [0.2, 0.25) is 5.02 Å². The number of methoxy groups -OCH3 is 1. The van der Waals surface area contributed by atoms with Gasteiger partial charge in [-0.25, -0.2) is 9.71 Å². The molecule has 194 valence electrons. The minimum atomic E-state index is -4.28. The van der Waals surface area contributed by atoms with E-state index in [1.807, 2.05) is 4.72 Å². The van der Waals surface area contributed by atoms with Gasteiger partial charge in [0, 0.05) is 24.1 Å². The second kappa shape index (κ2) is 11.4. The number of ether oxygens (including phenoxy) is 2. The summed E-state index contributed by atoms with van der Waals surface area (Å²) in [7, 11) is -2.81. The lowest BCUT2D eigenvalue weighted by molar-refractivity contribution is -0.124. The molecule has 0 spiro atoms. The molecule has 2 N–H and O–H groups in total. The van der Waals surface area contributed by atoms with Crippen molar-refractivity contribution in [1.82, 2.24) is 15.0 Å². The number of furan rings is 1. The lowest BCUT2D eigenvalue weighted by atomic mass is 9.86. The van der Waals surface area contributed by atoms with Crippen LogP contribution < -0.4 is 10.0 Å². The molecule has 1 aliphatic carbocycles. The van der Waals surface area contributed by atoms with Crippen molar-refractivity contribution in [3.05, 3.63) is 47.0 Å². The zero-order valence-electron chi connectivity index (χ0n) is 19.5. The van der Waals surface area contributed by atoms with Crippen LogP contribution in [0.25, 0.3) is 11.1 Å². The van der Waals surface area contributed by atoms with Gasteiger partial charge < -0.3 is 23.6 Å². The first-order valence-corrected chi connectivity index (χ1v) is 13.2. The van der Waals surface area contributed by atoms with Crippen molar-refractivity contribution in [3.8, 4) is 0 Å². The first-order chi connectivity index (χ1) is 17.2. The Labute approximate surface area is 212 Å². The molecule has 0 radical (unpaired) electrons. The molecular weight excluding hydrogens is 514 g/mol. The fourth-order valence-corrected chi connectivity index (χ4v) is 5.03. The molecule has 1 fully saturated rings. The number of aromatic nitrogens is 1. The second-order valence-corrected chi connectivity index (χ2v) is 10.4. The molecule has 0 saturated heterocycles. The van der Waals surface area contributed by atoms with Crippen molar-refractivity contribution in [2.75, 3.05) is 26.9 Å². The van der Waals surface area contributed by atoms with Crippen LogP contribution in [-0.2, 0) is 24.3 Å². The molecule has 1 saturated carbocycles. The van der Waals surface area contributed by atoms with Crippen molar-refractivity contribution in [1.29, 1.82) is 0 Å². The van der Waals surface area contributed by atoms with Crippen molar-refractivity contribution in [3.63, 3.8) is 0 Å². The Morgan fingerprint density at radius 1 is 1.11 bits per heavy atom. The molecule has 0 atom stereocenters. The van der Waals surface area contributed by atoms with Crippen LogP contribution in [0, 0.1) is 0 Å². The van der Waals surface area contributed by atoms with Crippen LogP contribution in [0.1, 0.15) is 48.0 Å². The maximum atomic E-state index is 12.6. The summed E-state index contributed by atoms with van der Waals surface area (Å²) in [6.07, 6.45) is 2.92. The van der Waals surface area contributed by atoms with E-state index >= 15 is 0 Å². The number of halogens is 1. The maximum Gasteiger partial charge on any atom is 0.297 e. The fraction of sp³-hybridized carbons (Fsp3) is 0.435. The Bertz CT molecular complexity index is 1330. The third-order valence-electron chi connectivity index (χ3n) is 5.76. The van der Waals surface area contributed by atoms with Crippen LogP contribution in [0.5, 0.6) is 0 Å². The Hall–Kier alpha value is -2.93. The number of oxazole rings is 1. The smallest absolute Gasteiger partial charge is 0.297 e. The molecule has 2 heterocycles. The Morgan fingerprint density at radius 3 is 2.64 bits per heavy atom. The quantitative estimate of drug-likeness (QED) is 0.370. The fourth-order valence-electron chi connectivity index (χ4n) is 3.96. The van der Waals surface area contributed by atoms with Gasteiger partial charge in [0.15, 0.2) is 17.2 Å². The lowest BCUT2D eigenvalue weighted by Gasteiger charge is -2.27. The van der Waals surface area contributed by atoms with Gasteiger partial charge in [-0.3, -0.25) is 9.59 Å². The third kappa shape index (κ3) is 6.44. The van der Waals surface area contributed by atoms with E-state index in [-0.39, 0.29) is 30.9 Å². The highest BCUT2D eigenvalue weighted by molar-refractivity contribution is 7.89. The topological polar surface area (TPSA) is 150 Å². The van der Waals surface area contributed by atoms with Gasteiger partial charge in [0.05, 0.1) is 13.2 Å². The molecule has 0 aliphatic heterocycles. The number of carbonyl (C=O) groups is 2. The highest BCUT2D eigenvalue weighted by atomic mass is 35.5. The lowest BCUT2D eigenvalue weighted by Crippen LogP contribution is -2.37. The summed E-state index contributed by atoms with van der Waals surface area (Å²) in [5.41, 5.74) is 1.40. The number of nitrogens with one attached hydrogen (secondary N) is 2. The number of amides is 2. The van der Waals surface area contributed by atoms with E-state index in [1.165, 1.54) is 13.2 Å². The van der Waals surface area contributed by atoms with E-state index in [0.717, 1.165) is 18.9 Å². The number of carbonyl (C=O) groups excluding carboxylic acids is 2. The van der Waals surface area contributed by atoms with Crippen LogP contribution in [0.3, 0.4) is 0 Å². The number of nitrogens with zero attached hydrogens (tertiary/aromatic N) is 1. The van der Waals surface area contributed by atoms with Gasteiger partial charge in [-0.05, 0) is 56.0 Å². The van der Waals surface area contributed by atoms with Gasteiger partial charge in [0.1, 0.15) is 12.1 Å². The molecule has 1 aliphatic rings. The minimum Gasteiger partial charge on any atom is -0.440 e. The van der Waals surface area contributed by atoms with Crippen molar-refractivity contribution in [2.45, 2.75) is 42.7 Å². The molecule has 11 nitrogen and oxygen atoms in total. The summed E-state index contributed by atoms with van der Waals surface area (Å²) >= 11 is 6.02. The van der Waals surface area contributed by atoms with E-state index in [9.17, 15) is 18.0 Å². The monoisotopic (exact) mass is 539 g/mol. The predicted octanol–water partition coefficient (Wildman–Crippen LogP) is 3.00. The summed E-state index contributed by atoms with van der Waals surface area (Å²) < 4.78 is 47.4. The molecule has 36 heavy (non-hydrogen) atoms. The number of benzene rings is 1. The molecule has 4 rings (SSSR count). The summed E-state index contributed by atoms with van der Waals surface area (Å²) in [5, 5.41) is 2.92. The molecular formula is C23H26ClN3O8S. The predicted molar refractivity (Wildman–Crippen MR) is 128 cm³/mol. The van der Waals surface area contributed by atoms with Crippen LogP contribution in [-0.4, -0.2) is 58.2 Å². The standard InChI is InChI=1S/C23H26ClN3O8S/c1-32-10-11-33-13-20(28)27-36(30,31)21-9-8-19(34-21)22(29)25-16-5-2-14(3-6-16)23-26-17-12-15(24)4-7-18(17)35-23/h4,7-9,12,14,16H,2-3,5-6,10-11,13H2,1H3,(H,25,29)(H,27,28). The van der Waals surface area contributed by atoms with Crippen LogP contribution in [0.4, 0.5) is 0 Å². The summed E-state index contributed by atoms with van der Waals surface area (Å²) in [6.45, 7) is -0.0539. The zero-order chi connectivity index (χ0) is 25.7. The SMILES string of the molecule is COCCOCC(=O)NS(=O)(=O)c1ccc(C(=O)NC2CCC(c3nc4cc(Cl)ccc4o3)CC2)o1. The van der Waals surface area contributed by atoms with E-state index in [2.05, 4.69) is 10.3 Å². The van der Waals surface area contributed by atoms with Crippen molar-refractivity contribution in [2.24, 2.45) is 0 Å².